The van der Waals surface area contributed by atoms with Crippen molar-refractivity contribution in [2.24, 2.45) is 0 Å². The highest BCUT2D eigenvalue weighted by molar-refractivity contribution is 8.00. The van der Waals surface area contributed by atoms with Gasteiger partial charge in [-0.1, -0.05) is 76.6 Å². The Morgan fingerprint density at radius 3 is 2.56 bits per heavy atom. The van der Waals surface area contributed by atoms with Gasteiger partial charge in [0.1, 0.15) is 11.5 Å². The maximum absolute atomic E-state index is 13.4. The fourth-order valence-electron chi connectivity index (χ4n) is 4.16. The van der Waals surface area contributed by atoms with Gasteiger partial charge in [-0.15, -0.1) is 10.2 Å². The van der Waals surface area contributed by atoms with Crippen LogP contribution in [0.1, 0.15) is 29.7 Å². The van der Waals surface area contributed by atoms with Crippen LogP contribution in [-0.2, 0) is 15.3 Å². The highest BCUT2D eigenvalue weighted by Crippen LogP contribution is 2.44. The predicted molar refractivity (Wildman–Crippen MR) is 155 cm³/mol. The molecule has 1 saturated heterocycles. The maximum atomic E-state index is 13.4. The first-order chi connectivity index (χ1) is 18.9. The number of hydrogen-bond donors (Lipinski definition) is 1. The van der Waals surface area contributed by atoms with Crippen LogP contribution in [0.5, 0.6) is 5.75 Å². The zero-order valence-electron chi connectivity index (χ0n) is 20.5. The fourth-order valence-corrected chi connectivity index (χ4v) is 6.44. The van der Waals surface area contributed by atoms with E-state index in [0.717, 1.165) is 5.56 Å². The van der Waals surface area contributed by atoms with Crippen LogP contribution in [0.2, 0.25) is 10.0 Å². The number of hydrogen-bond acceptors (Lipinski definition) is 8. The van der Waals surface area contributed by atoms with Crippen LogP contribution in [0.3, 0.4) is 0 Å². The molecular formula is C28H21Cl2N3O4S2. The molecule has 2 heterocycles. The number of aliphatic hydroxyl groups excluding tert-OH is 1. The van der Waals surface area contributed by atoms with Crippen LogP contribution < -0.4 is 9.64 Å². The van der Waals surface area contributed by atoms with E-state index in [1.807, 2.05) is 31.2 Å². The second-order valence-electron chi connectivity index (χ2n) is 8.41. The number of ether oxygens (including phenoxy) is 1. The Hall–Kier alpha value is -3.37. The number of ketones is 1. The summed E-state index contributed by atoms with van der Waals surface area (Å²) in [6.07, 6.45) is 0. The molecule has 1 atom stereocenters. The van der Waals surface area contributed by atoms with Crippen LogP contribution in [-0.4, -0.2) is 33.6 Å². The lowest BCUT2D eigenvalue weighted by Gasteiger charge is -2.23. The van der Waals surface area contributed by atoms with Crippen molar-refractivity contribution in [2.45, 2.75) is 23.1 Å². The number of halogens is 2. The fraction of sp³-hybridized carbons (Fsp3) is 0.143. The van der Waals surface area contributed by atoms with Crippen LogP contribution in [0.4, 0.5) is 5.13 Å². The molecule has 1 unspecified atom stereocenters. The van der Waals surface area contributed by atoms with Gasteiger partial charge in [-0.05, 0) is 60.5 Å². The lowest BCUT2D eigenvalue weighted by Crippen LogP contribution is -2.29. The van der Waals surface area contributed by atoms with Crippen molar-refractivity contribution in [3.05, 3.63) is 105 Å². The quantitative estimate of drug-likeness (QED) is 0.0756. The van der Waals surface area contributed by atoms with Gasteiger partial charge in [-0.2, -0.15) is 0 Å². The average Bonchev–Trinajstić information content (AvgIpc) is 3.50. The molecule has 0 saturated carbocycles. The van der Waals surface area contributed by atoms with E-state index in [0.29, 0.717) is 43.6 Å². The summed E-state index contributed by atoms with van der Waals surface area (Å²) in [4.78, 5) is 28.1. The number of rotatable bonds is 8. The summed E-state index contributed by atoms with van der Waals surface area (Å²) in [5.74, 6) is -0.813. The first-order valence-corrected chi connectivity index (χ1v) is 14.4. The number of aromatic nitrogens is 2. The number of benzene rings is 3. The molecule has 198 valence electrons. The van der Waals surface area contributed by atoms with Crippen molar-refractivity contribution in [3.63, 3.8) is 0 Å². The molecule has 0 aliphatic carbocycles. The van der Waals surface area contributed by atoms with E-state index < -0.39 is 17.7 Å². The second kappa shape index (κ2) is 11.8. The van der Waals surface area contributed by atoms with E-state index in [9.17, 15) is 14.7 Å². The van der Waals surface area contributed by atoms with Crippen molar-refractivity contribution in [3.8, 4) is 5.75 Å². The molecule has 1 amide bonds. The largest absolute Gasteiger partial charge is 0.507 e. The molecule has 1 fully saturated rings. The minimum Gasteiger partial charge on any atom is -0.507 e. The van der Waals surface area contributed by atoms with Crippen molar-refractivity contribution < 1.29 is 19.4 Å². The molecule has 39 heavy (non-hydrogen) atoms. The van der Waals surface area contributed by atoms with E-state index in [-0.39, 0.29) is 16.5 Å². The first-order valence-electron chi connectivity index (χ1n) is 11.9. The third-order valence-corrected chi connectivity index (χ3v) is 8.68. The van der Waals surface area contributed by atoms with Gasteiger partial charge in [0.05, 0.1) is 18.2 Å². The monoisotopic (exact) mass is 597 g/mol. The molecular weight excluding hydrogens is 577 g/mol. The topological polar surface area (TPSA) is 92.6 Å². The van der Waals surface area contributed by atoms with Crippen molar-refractivity contribution >= 4 is 68.9 Å². The van der Waals surface area contributed by atoms with Crippen molar-refractivity contribution in [2.75, 3.05) is 11.5 Å². The summed E-state index contributed by atoms with van der Waals surface area (Å²) in [6, 6.07) is 20.0. The summed E-state index contributed by atoms with van der Waals surface area (Å²) in [6.45, 7) is 2.30. The Balaban J connectivity index is 1.56. The summed E-state index contributed by atoms with van der Waals surface area (Å²) in [5.41, 5.74) is 1.82. The SMILES string of the molecule is CCOc1cccc(C2/C(=C(\O)c3ccc(Cl)cc3)C(=O)C(=O)N2c2nnc(SCc3ccccc3Cl)s2)c1. The summed E-state index contributed by atoms with van der Waals surface area (Å²) in [7, 11) is 0. The second-order valence-corrected chi connectivity index (χ2v) is 11.4. The van der Waals surface area contributed by atoms with Crippen LogP contribution in [0.25, 0.3) is 5.76 Å². The molecule has 1 aliphatic heterocycles. The molecule has 1 aliphatic rings. The van der Waals surface area contributed by atoms with E-state index >= 15 is 0 Å². The van der Waals surface area contributed by atoms with E-state index in [1.165, 1.54) is 28.0 Å². The number of Topliss-reactive ketones (excluding diaryl/α,β-unsaturated/α-hetero) is 1. The first kappa shape index (κ1) is 27.2. The van der Waals surface area contributed by atoms with Gasteiger partial charge < -0.3 is 9.84 Å². The van der Waals surface area contributed by atoms with Gasteiger partial charge in [-0.3, -0.25) is 14.5 Å². The Kier molecular flexibility index (Phi) is 8.23. The average molecular weight is 599 g/mol. The van der Waals surface area contributed by atoms with E-state index in [1.54, 1.807) is 48.5 Å². The van der Waals surface area contributed by atoms with Crippen molar-refractivity contribution in [1.29, 1.82) is 0 Å². The zero-order chi connectivity index (χ0) is 27.5. The third-order valence-electron chi connectivity index (χ3n) is 5.96. The van der Waals surface area contributed by atoms with Gasteiger partial charge >= 0.3 is 5.91 Å². The Morgan fingerprint density at radius 1 is 1.05 bits per heavy atom. The lowest BCUT2D eigenvalue weighted by atomic mass is 9.95. The van der Waals surface area contributed by atoms with Gasteiger partial charge in [-0.25, -0.2) is 0 Å². The number of thioether (sulfide) groups is 1. The number of amides is 1. The maximum Gasteiger partial charge on any atom is 0.301 e. The third kappa shape index (κ3) is 5.67. The van der Waals surface area contributed by atoms with E-state index in [2.05, 4.69) is 10.2 Å². The Labute approximate surface area is 243 Å². The number of anilines is 1. The van der Waals surface area contributed by atoms with Gasteiger partial charge in [0.15, 0.2) is 4.34 Å². The molecule has 0 bridgehead atoms. The smallest absolute Gasteiger partial charge is 0.301 e. The number of aliphatic hydroxyl groups is 1. The van der Waals surface area contributed by atoms with Gasteiger partial charge in [0.2, 0.25) is 5.13 Å². The molecule has 1 N–H and O–H groups in total. The normalized spacial score (nSPS) is 16.6. The molecule has 3 aromatic carbocycles. The molecule has 1 aromatic heterocycles. The Bertz CT molecular complexity index is 1570. The highest BCUT2D eigenvalue weighted by atomic mass is 35.5. The minimum absolute atomic E-state index is 0.0589. The van der Waals surface area contributed by atoms with Crippen LogP contribution in [0.15, 0.2) is 82.7 Å². The lowest BCUT2D eigenvalue weighted by molar-refractivity contribution is -0.132. The molecule has 5 rings (SSSR count). The molecule has 0 radical (unpaired) electrons. The highest BCUT2D eigenvalue weighted by Gasteiger charge is 2.48. The summed E-state index contributed by atoms with van der Waals surface area (Å²) >= 11 is 14.9. The minimum atomic E-state index is -0.949. The number of carbonyl (C=O) groups excluding carboxylic acids is 2. The van der Waals surface area contributed by atoms with Crippen LogP contribution in [0, 0.1) is 0 Å². The molecule has 11 heteroatoms. The number of nitrogens with zero attached hydrogens (tertiary/aromatic N) is 3. The number of carbonyl (C=O) groups is 2. The molecule has 0 spiro atoms. The Morgan fingerprint density at radius 2 is 1.82 bits per heavy atom. The van der Waals surface area contributed by atoms with Gasteiger partial charge in [0.25, 0.3) is 5.78 Å². The standard InChI is InChI=1S/C28H21Cl2N3O4S2/c1-2-37-20-8-5-7-17(14-20)23-22(24(34)16-10-12-19(29)13-11-16)25(35)26(36)33(23)27-31-32-28(39-27)38-15-18-6-3-4-9-21(18)30/h3-14,23,34H,2,15H2,1H3/b24-22+. The van der Waals surface area contributed by atoms with Crippen LogP contribution >= 0.6 is 46.3 Å². The van der Waals surface area contributed by atoms with E-state index in [4.69, 9.17) is 27.9 Å². The predicted octanol–water partition coefficient (Wildman–Crippen LogP) is 7.16. The van der Waals surface area contributed by atoms with Gasteiger partial charge in [0, 0.05) is 21.4 Å². The molecule has 7 nitrogen and oxygen atoms in total. The summed E-state index contributed by atoms with van der Waals surface area (Å²) < 4.78 is 6.26. The summed E-state index contributed by atoms with van der Waals surface area (Å²) in [5, 5.41) is 21.1. The molecule has 4 aromatic rings. The van der Waals surface area contributed by atoms with Crippen molar-refractivity contribution in [1.82, 2.24) is 10.2 Å². The zero-order valence-corrected chi connectivity index (χ0v) is 23.7.